The number of carbonyl (C=O) groups excluding carboxylic acids is 1. The van der Waals surface area contributed by atoms with Gasteiger partial charge in [-0.05, 0) is 12.1 Å². The van der Waals surface area contributed by atoms with Gasteiger partial charge in [-0.3, -0.25) is 14.9 Å². The SMILES string of the molecule is O=C(CNCC(F)(F)F)Nc1ccc(Cl)c([N+](=O)[O-])c1. The van der Waals surface area contributed by atoms with Crippen molar-refractivity contribution in [3.63, 3.8) is 0 Å². The van der Waals surface area contributed by atoms with Crippen LogP contribution in [-0.4, -0.2) is 30.1 Å². The van der Waals surface area contributed by atoms with E-state index in [1.165, 1.54) is 12.1 Å². The topological polar surface area (TPSA) is 84.3 Å². The molecule has 6 nitrogen and oxygen atoms in total. The number of amides is 1. The fourth-order valence-corrected chi connectivity index (χ4v) is 1.44. The number of nitrogens with one attached hydrogen (secondary N) is 2. The number of benzene rings is 1. The van der Waals surface area contributed by atoms with E-state index in [1.54, 1.807) is 0 Å². The van der Waals surface area contributed by atoms with Gasteiger partial charge in [0.25, 0.3) is 5.69 Å². The van der Waals surface area contributed by atoms with Crippen LogP contribution in [0.3, 0.4) is 0 Å². The Labute approximate surface area is 116 Å². The summed E-state index contributed by atoms with van der Waals surface area (Å²) in [7, 11) is 0. The average Bonchev–Trinajstić information content (AvgIpc) is 2.29. The van der Waals surface area contributed by atoms with Crippen molar-refractivity contribution in [1.29, 1.82) is 0 Å². The van der Waals surface area contributed by atoms with Crippen molar-refractivity contribution in [2.75, 3.05) is 18.4 Å². The van der Waals surface area contributed by atoms with E-state index in [2.05, 4.69) is 5.32 Å². The maximum absolute atomic E-state index is 11.8. The quantitative estimate of drug-likeness (QED) is 0.645. The van der Waals surface area contributed by atoms with Crippen LogP contribution in [0.4, 0.5) is 24.5 Å². The molecule has 0 aliphatic carbocycles. The molecule has 10 heteroatoms. The lowest BCUT2D eigenvalue weighted by molar-refractivity contribution is -0.384. The number of nitro groups is 1. The fraction of sp³-hybridized carbons (Fsp3) is 0.300. The van der Waals surface area contributed by atoms with Crippen LogP contribution in [0.15, 0.2) is 18.2 Å². The summed E-state index contributed by atoms with van der Waals surface area (Å²) in [5.41, 5.74) is -0.340. The Morgan fingerprint density at radius 2 is 2.05 bits per heavy atom. The van der Waals surface area contributed by atoms with Crippen molar-refractivity contribution in [3.8, 4) is 0 Å². The summed E-state index contributed by atoms with van der Waals surface area (Å²) in [6.45, 7) is -1.88. The summed E-state index contributed by atoms with van der Waals surface area (Å²) in [4.78, 5) is 21.2. The molecule has 0 saturated carbocycles. The van der Waals surface area contributed by atoms with E-state index in [4.69, 9.17) is 11.6 Å². The first kappa shape index (κ1) is 16.2. The molecule has 1 rings (SSSR count). The third-order valence-corrected chi connectivity index (χ3v) is 2.36. The summed E-state index contributed by atoms with van der Waals surface area (Å²) < 4.78 is 35.5. The third kappa shape index (κ3) is 5.41. The Morgan fingerprint density at radius 1 is 1.40 bits per heavy atom. The lowest BCUT2D eigenvalue weighted by atomic mass is 10.3. The molecule has 0 aliphatic rings. The minimum atomic E-state index is -4.42. The first-order valence-electron chi connectivity index (χ1n) is 5.20. The first-order valence-corrected chi connectivity index (χ1v) is 5.58. The molecule has 0 fully saturated rings. The molecular weight excluding hydrogens is 303 g/mol. The summed E-state index contributed by atoms with van der Waals surface area (Å²) in [6.07, 6.45) is -4.42. The second-order valence-electron chi connectivity index (χ2n) is 3.69. The van der Waals surface area contributed by atoms with Crippen molar-refractivity contribution in [1.82, 2.24) is 5.32 Å². The van der Waals surface area contributed by atoms with Crippen molar-refractivity contribution < 1.29 is 22.9 Å². The highest BCUT2D eigenvalue weighted by molar-refractivity contribution is 6.32. The van der Waals surface area contributed by atoms with E-state index in [0.717, 1.165) is 6.07 Å². The zero-order valence-electron chi connectivity index (χ0n) is 9.83. The van der Waals surface area contributed by atoms with Crippen LogP contribution in [0.2, 0.25) is 5.02 Å². The smallest absolute Gasteiger partial charge is 0.325 e. The Hall–Kier alpha value is -1.87. The van der Waals surface area contributed by atoms with Gasteiger partial charge in [-0.15, -0.1) is 0 Å². The van der Waals surface area contributed by atoms with Crippen molar-refractivity contribution in [2.45, 2.75) is 6.18 Å². The second-order valence-corrected chi connectivity index (χ2v) is 4.10. The van der Waals surface area contributed by atoms with Crippen LogP contribution < -0.4 is 10.6 Å². The summed E-state index contributed by atoms with van der Waals surface area (Å²) in [5, 5.41) is 14.6. The number of hydrogen-bond acceptors (Lipinski definition) is 4. The lowest BCUT2D eigenvalue weighted by Crippen LogP contribution is -2.35. The molecule has 0 aromatic heterocycles. The first-order chi connectivity index (χ1) is 9.19. The molecule has 20 heavy (non-hydrogen) atoms. The molecule has 0 spiro atoms. The zero-order valence-corrected chi connectivity index (χ0v) is 10.6. The normalized spacial score (nSPS) is 11.2. The molecule has 0 saturated heterocycles. The summed E-state index contributed by atoms with van der Waals surface area (Å²) in [6, 6.07) is 3.53. The van der Waals surface area contributed by atoms with Crippen molar-refractivity contribution in [3.05, 3.63) is 33.3 Å². The largest absolute Gasteiger partial charge is 0.401 e. The molecule has 0 atom stereocenters. The number of carbonyl (C=O) groups is 1. The molecule has 0 unspecified atom stereocenters. The van der Waals surface area contributed by atoms with Gasteiger partial charge in [0.05, 0.1) is 18.0 Å². The minimum absolute atomic E-state index is 0.0694. The number of anilines is 1. The highest BCUT2D eigenvalue weighted by Crippen LogP contribution is 2.27. The van der Waals surface area contributed by atoms with E-state index < -0.39 is 35.8 Å². The Bertz CT molecular complexity index is 522. The summed E-state index contributed by atoms with van der Waals surface area (Å²) in [5.74, 6) is -0.758. The van der Waals surface area contributed by atoms with Crippen molar-refractivity contribution in [2.24, 2.45) is 0 Å². The predicted octanol–water partition coefficient (Wildman–Crippen LogP) is 2.34. The maximum atomic E-state index is 11.8. The molecule has 110 valence electrons. The molecule has 1 amide bonds. The highest BCUT2D eigenvalue weighted by atomic mass is 35.5. The maximum Gasteiger partial charge on any atom is 0.401 e. The van der Waals surface area contributed by atoms with Gasteiger partial charge in [0, 0.05) is 11.8 Å². The number of nitro benzene ring substituents is 1. The van der Waals surface area contributed by atoms with Crippen LogP contribution in [-0.2, 0) is 4.79 Å². The van der Waals surface area contributed by atoms with Gasteiger partial charge in [0.15, 0.2) is 0 Å². The van der Waals surface area contributed by atoms with Crippen LogP contribution in [0, 0.1) is 10.1 Å². The van der Waals surface area contributed by atoms with Gasteiger partial charge in [-0.25, -0.2) is 0 Å². The lowest BCUT2D eigenvalue weighted by Gasteiger charge is -2.09. The van der Waals surface area contributed by atoms with Crippen LogP contribution in [0.5, 0.6) is 0 Å². The van der Waals surface area contributed by atoms with Gasteiger partial charge < -0.3 is 10.6 Å². The number of halogens is 4. The molecular formula is C10H9ClF3N3O3. The zero-order chi connectivity index (χ0) is 15.3. The molecule has 2 N–H and O–H groups in total. The van der Waals surface area contributed by atoms with E-state index >= 15 is 0 Å². The third-order valence-electron chi connectivity index (χ3n) is 2.04. The van der Waals surface area contributed by atoms with Gasteiger partial charge >= 0.3 is 6.18 Å². The number of rotatable bonds is 5. The van der Waals surface area contributed by atoms with E-state index in [0.29, 0.717) is 0 Å². The van der Waals surface area contributed by atoms with Gasteiger partial charge in [-0.1, -0.05) is 11.6 Å². The average molecular weight is 312 g/mol. The Balaban J connectivity index is 2.58. The Kier molecular flexibility index (Phi) is 5.28. The van der Waals surface area contributed by atoms with Gasteiger partial charge in [-0.2, -0.15) is 13.2 Å². The molecule has 1 aromatic carbocycles. The standard InChI is InChI=1S/C10H9ClF3N3O3/c11-7-2-1-6(3-8(7)17(19)20)16-9(18)4-15-5-10(12,13)14/h1-3,15H,4-5H2,(H,16,18). The highest BCUT2D eigenvalue weighted by Gasteiger charge is 2.26. The van der Waals surface area contributed by atoms with Crippen molar-refractivity contribution >= 4 is 28.9 Å². The van der Waals surface area contributed by atoms with E-state index in [1.807, 2.05) is 5.32 Å². The van der Waals surface area contributed by atoms with Gasteiger partial charge in [0.1, 0.15) is 5.02 Å². The predicted molar refractivity (Wildman–Crippen MR) is 65.7 cm³/mol. The van der Waals surface area contributed by atoms with Crippen LogP contribution in [0.25, 0.3) is 0 Å². The van der Waals surface area contributed by atoms with E-state index in [9.17, 15) is 28.1 Å². The Morgan fingerprint density at radius 3 is 2.60 bits per heavy atom. The molecule has 0 aliphatic heterocycles. The monoisotopic (exact) mass is 311 g/mol. The molecule has 0 heterocycles. The molecule has 0 bridgehead atoms. The van der Waals surface area contributed by atoms with Gasteiger partial charge in [0.2, 0.25) is 5.91 Å². The summed E-state index contributed by atoms with van der Waals surface area (Å²) >= 11 is 5.57. The number of nitrogens with zero attached hydrogens (tertiary/aromatic N) is 1. The molecule has 0 radical (unpaired) electrons. The fourth-order valence-electron chi connectivity index (χ4n) is 1.25. The second kappa shape index (κ2) is 6.53. The number of alkyl halides is 3. The molecule has 1 aromatic rings. The number of hydrogen-bond donors (Lipinski definition) is 2. The van der Waals surface area contributed by atoms with Crippen LogP contribution >= 0.6 is 11.6 Å². The van der Waals surface area contributed by atoms with E-state index in [-0.39, 0.29) is 10.7 Å². The van der Waals surface area contributed by atoms with Crippen LogP contribution in [0.1, 0.15) is 0 Å². The minimum Gasteiger partial charge on any atom is -0.325 e.